The molecule has 2 aromatic rings. The molecule has 0 amide bonds. The average molecular weight is 199 g/mol. The third-order valence-electron chi connectivity index (χ3n) is 2.10. The second-order valence-electron chi connectivity index (χ2n) is 3.43. The zero-order valence-electron chi connectivity index (χ0n) is 8.68. The highest BCUT2D eigenvalue weighted by Gasteiger charge is 1.95. The molecule has 1 aromatic heterocycles. The molecule has 0 saturated heterocycles. The van der Waals surface area contributed by atoms with Crippen molar-refractivity contribution in [1.82, 2.24) is 4.98 Å². The van der Waals surface area contributed by atoms with Crippen molar-refractivity contribution >= 4 is 0 Å². The Hall–Kier alpha value is -1.83. The van der Waals surface area contributed by atoms with E-state index in [4.69, 9.17) is 4.74 Å². The third-order valence-corrected chi connectivity index (χ3v) is 2.10. The van der Waals surface area contributed by atoms with E-state index in [1.165, 1.54) is 5.56 Å². The lowest BCUT2D eigenvalue weighted by Crippen LogP contribution is -1.97. The van der Waals surface area contributed by atoms with Crippen molar-refractivity contribution in [2.75, 3.05) is 0 Å². The van der Waals surface area contributed by atoms with E-state index in [0.29, 0.717) is 6.61 Å². The summed E-state index contributed by atoms with van der Waals surface area (Å²) >= 11 is 0. The van der Waals surface area contributed by atoms with Gasteiger partial charge in [-0.2, -0.15) is 0 Å². The normalized spacial score (nSPS) is 9.93. The number of aryl methyl sites for hydroxylation is 1. The minimum atomic E-state index is 0.518. The van der Waals surface area contributed by atoms with Gasteiger partial charge < -0.3 is 4.74 Å². The van der Waals surface area contributed by atoms with Gasteiger partial charge in [-0.3, -0.25) is 4.98 Å². The summed E-state index contributed by atoms with van der Waals surface area (Å²) in [6, 6.07) is 13.8. The lowest BCUT2D eigenvalue weighted by atomic mass is 10.3. The van der Waals surface area contributed by atoms with E-state index in [1.54, 1.807) is 0 Å². The van der Waals surface area contributed by atoms with E-state index >= 15 is 0 Å². The summed E-state index contributed by atoms with van der Waals surface area (Å²) in [5.41, 5.74) is 2.11. The Bertz CT molecular complexity index is 408. The van der Waals surface area contributed by atoms with E-state index in [9.17, 15) is 0 Å². The molecule has 0 N–H and O–H groups in total. The number of hydrogen-bond donors (Lipinski definition) is 0. The maximum Gasteiger partial charge on any atom is 0.130 e. The van der Waals surface area contributed by atoms with Crippen molar-refractivity contribution < 1.29 is 4.74 Å². The van der Waals surface area contributed by atoms with Crippen LogP contribution in [0.2, 0.25) is 0 Å². The molecule has 76 valence electrons. The van der Waals surface area contributed by atoms with Gasteiger partial charge in [0.2, 0.25) is 0 Å². The molecule has 0 spiro atoms. The van der Waals surface area contributed by atoms with Crippen LogP contribution in [0, 0.1) is 6.92 Å². The van der Waals surface area contributed by atoms with Crippen molar-refractivity contribution in [2.24, 2.45) is 0 Å². The van der Waals surface area contributed by atoms with Crippen molar-refractivity contribution in [3.8, 4) is 5.75 Å². The Kier molecular flexibility index (Phi) is 2.98. The van der Waals surface area contributed by atoms with Crippen LogP contribution in [0.25, 0.3) is 0 Å². The number of benzene rings is 1. The van der Waals surface area contributed by atoms with Crippen LogP contribution in [0.15, 0.2) is 48.7 Å². The van der Waals surface area contributed by atoms with E-state index in [1.807, 2.05) is 55.6 Å². The van der Waals surface area contributed by atoms with Crippen molar-refractivity contribution in [2.45, 2.75) is 13.5 Å². The topological polar surface area (TPSA) is 22.1 Å². The molecule has 1 aromatic carbocycles. The van der Waals surface area contributed by atoms with Crippen molar-refractivity contribution in [1.29, 1.82) is 0 Å². The molecule has 0 saturated carbocycles. The van der Waals surface area contributed by atoms with Crippen LogP contribution in [-0.2, 0) is 6.61 Å². The summed E-state index contributed by atoms with van der Waals surface area (Å²) in [5, 5.41) is 0. The largest absolute Gasteiger partial charge is 0.487 e. The Morgan fingerprint density at radius 1 is 1.07 bits per heavy atom. The SMILES string of the molecule is Cc1ccc(COc2ccccc2)nc1. The van der Waals surface area contributed by atoms with Crippen molar-refractivity contribution in [3.05, 3.63) is 59.9 Å². The molecule has 2 nitrogen and oxygen atoms in total. The lowest BCUT2D eigenvalue weighted by molar-refractivity contribution is 0.301. The van der Waals surface area contributed by atoms with Crippen molar-refractivity contribution in [3.63, 3.8) is 0 Å². The fourth-order valence-corrected chi connectivity index (χ4v) is 1.26. The van der Waals surface area contributed by atoms with Crippen LogP contribution in [0.1, 0.15) is 11.3 Å². The minimum Gasteiger partial charge on any atom is -0.487 e. The maximum atomic E-state index is 5.57. The summed E-state index contributed by atoms with van der Waals surface area (Å²) in [5.74, 6) is 0.875. The number of hydrogen-bond acceptors (Lipinski definition) is 2. The number of para-hydroxylation sites is 1. The van der Waals surface area contributed by atoms with Crippen LogP contribution in [0.5, 0.6) is 5.75 Å². The van der Waals surface area contributed by atoms with E-state index < -0.39 is 0 Å². The van der Waals surface area contributed by atoms with Crippen LogP contribution < -0.4 is 4.74 Å². The molecular weight excluding hydrogens is 186 g/mol. The Morgan fingerprint density at radius 3 is 2.53 bits per heavy atom. The van der Waals surface area contributed by atoms with Gasteiger partial charge in [-0.15, -0.1) is 0 Å². The number of aromatic nitrogens is 1. The molecule has 1 heterocycles. The van der Waals surface area contributed by atoms with Gasteiger partial charge in [0, 0.05) is 6.20 Å². The first-order valence-corrected chi connectivity index (χ1v) is 4.94. The standard InChI is InChI=1S/C13H13NO/c1-11-7-8-12(14-9-11)10-15-13-5-3-2-4-6-13/h2-9H,10H2,1H3. The molecule has 0 bridgehead atoms. The highest BCUT2D eigenvalue weighted by Crippen LogP contribution is 2.10. The number of pyridine rings is 1. The molecule has 2 heteroatoms. The average Bonchev–Trinajstić information content (AvgIpc) is 2.30. The number of ether oxygens (including phenoxy) is 1. The highest BCUT2D eigenvalue weighted by atomic mass is 16.5. The fourth-order valence-electron chi connectivity index (χ4n) is 1.26. The third kappa shape index (κ3) is 2.81. The molecule has 0 unspecified atom stereocenters. The molecule has 0 aliphatic carbocycles. The van der Waals surface area contributed by atoms with E-state index in [2.05, 4.69) is 4.98 Å². The fraction of sp³-hybridized carbons (Fsp3) is 0.154. The van der Waals surface area contributed by atoms with E-state index in [0.717, 1.165) is 11.4 Å². The van der Waals surface area contributed by atoms with Gasteiger partial charge in [0.1, 0.15) is 12.4 Å². The van der Waals surface area contributed by atoms with Gasteiger partial charge in [0.25, 0.3) is 0 Å². The molecule has 0 fully saturated rings. The Balaban J connectivity index is 1.96. The number of rotatable bonds is 3. The molecule has 0 radical (unpaired) electrons. The van der Waals surface area contributed by atoms with Crippen LogP contribution in [-0.4, -0.2) is 4.98 Å². The van der Waals surface area contributed by atoms with Crippen LogP contribution in [0.3, 0.4) is 0 Å². The summed E-state index contributed by atoms with van der Waals surface area (Å²) in [4.78, 5) is 4.27. The number of nitrogens with zero attached hydrogens (tertiary/aromatic N) is 1. The van der Waals surface area contributed by atoms with Gasteiger partial charge in [0.15, 0.2) is 0 Å². The molecular formula is C13H13NO. The maximum absolute atomic E-state index is 5.57. The predicted octanol–water partition coefficient (Wildman–Crippen LogP) is 2.97. The van der Waals surface area contributed by atoms with Crippen LogP contribution in [0.4, 0.5) is 0 Å². The van der Waals surface area contributed by atoms with Gasteiger partial charge in [0.05, 0.1) is 5.69 Å². The lowest BCUT2D eigenvalue weighted by Gasteiger charge is -2.05. The monoisotopic (exact) mass is 199 g/mol. The van der Waals surface area contributed by atoms with Gasteiger partial charge in [-0.25, -0.2) is 0 Å². The second-order valence-corrected chi connectivity index (χ2v) is 3.43. The van der Waals surface area contributed by atoms with Gasteiger partial charge in [-0.05, 0) is 30.7 Å². The smallest absolute Gasteiger partial charge is 0.130 e. The summed E-state index contributed by atoms with van der Waals surface area (Å²) in [7, 11) is 0. The first-order chi connectivity index (χ1) is 7.34. The summed E-state index contributed by atoms with van der Waals surface area (Å²) < 4.78 is 5.57. The van der Waals surface area contributed by atoms with Crippen LogP contribution >= 0.6 is 0 Å². The first-order valence-electron chi connectivity index (χ1n) is 4.94. The predicted molar refractivity (Wildman–Crippen MR) is 59.7 cm³/mol. The van der Waals surface area contributed by atoms with Gasteiger partial charge in [-0.1, -0.05) is 24.3 Å². The molecule has 0 atom stereocenters. The summed E-state index contributed by atoms with van der Waals surface area (Å²) in [6.07, 6.45) is 1.85. The summed E-state index contributed by atoms with van der Waals surface area (Å²) in [6.45, 7) is 2.54. The minimum absolute atomic E-state index is 0.518. The quantitative estimate of drug-likeness (QED) is 0.758. The Morgan fingerprint density at radius 2 is 1.87 bits per heavy atom. The first kappa shape index (κ1) is 9.71. The molecule has 15 heavy (non-hydrogen) atoms. The van der Waals surface area contributed by atoms with E-state index in [-0.39, 0.29) is 0 Å². The molecule has 0 aliphatic rings. The molecule has 2 rings (SSSR count). The zero-order valence-corrected chi connectivity index (χ0v) is 8.68. The van der Waals surface area contributed by atoms with Gasteiger partial charge >= 0.3 is 0 Å². The Labute approximate surface area is 89.6 Å². The highest BCUT2D eigenvalue weighted by molar-refractivity contribution is 5.21. The zero-order chi connectivity index (χ0) is 10.5. The molecule has 0 aliphatic heterocycles. The second kappa shape index (κ2) is 4.60.